The highest BCUT2D eigenvalue weighted by Gasteiger charge is 2.17. The highest BCUT2D eigenvalue weighted by molar-refractivity contribution is 5.98. The lowest BCUT2D eigenvalue weighted by Crippen LogP contribution is -2.34. The molecule has 0 radical (unpaired) electrons. The van der Waals surface area contributed by atoms with Crippen molar-refractivity contribution >= 4 is 11.8 Å². The van der Waals surface area contributed by atoms with Gasteiger partial charge in [-0.15, -0.1) is 0 Å². The number of rotatable bonds is 8. The summed E-state index contributed by atoms with van der Waals surface area (Å²) in [5.41, 5.74) is 0.810. The van der Waals surface area contributed by atoms with E-state index in [0.29, 0.717) is 11.3 Å². The second-order valence-corrected chi connectivity index (χ2v) is 5.50. The van der Waals surface area contributed by atoms with Crippen LogP contribution in [0, 0.1) is 0 Å². The minimum absolute atomic E-state index is 0.0383. The molecule has 1 N–H and O–H groups in total. The Hall–Kier alpha value is -1.91. The number of carbonyl (C=O) groups excluding carboxylic acids is 2. The first kappa shape index (κ1) is 18.1. The van der Waals surface area contributed by atoms with E-state index < -0.39 is 0 Å². The van der Waals surface area contributed by atoms with Crippen molar-refractivity contribution in [3.05, 3.63) is 29.6 Å². The van der Waals surface area contributed by atoms with Crippen molar-refractivity contribution in [2.24, 2.45) is 0 Å². The summed E-state index contributed by atoms with van der Waals surface area (Å²) in [5.74, 6) is -0.273. The van der Waals surface area contributed by atoms with Crippen LogP contribution in [-0.2, 0) is 0 Å². The quantitative estimate of drug-likeness (QED) is 0.803. The molecule has 1 aromatic rings. The molecule has 0 fully saturated rings. The third kappa shape index (κ3) is 5.13. The average molecular weight is 305 g/mol. The summed E-state index contributed by atoms with van der Waals surface area (Å²) in [6.07, 6.45) is 4.20. The number of hydrogen-bond acceptors (Lipinski definition) is 3. The third-order valence-corrected chi connectivity index (χ3v) is 3.50. The highest BCUT2D eigenvalue weighted by Crippen LogP contribution is 2.08. The third-order valence-electron chi connectivity index (χ3n) is 3.50. The fraction of sp³-hybridized carbons (Fsp3) is 0.588. The Morgan fingerprint density at radius 2 is 1.86 bits per heavy atom. The molecule has 1 atom stereocenters. The van der Waals surface area contributed by atoms with Gasteiger partial charge in [-0.1, -0.05) is 20.8 Å². The summed E-state index contributed by atoms with van der Waals surface area (Å²) in [7, 11) is 0. The van der Waals surface area contributed by atoms with E-state index in [0.717, 1.165) is 32.4 Å². The Morgan fingerprint density at radius 1 is 1.23 bits per heavy atom. The molecule has 0 saturated carbocycles. The summed E-state index contributed by atoms with van der Waals surface area (Å²) in [4.78, 5) is 30.6. The number of amides is 2. The predicted octanol–water partition coefficient (Wildman–Crippen LogP) is 2.87. The van der Waals surface area contributed by atoms with E-state index in [9.17, 15) is 9.59 Å². The van der Waals surface area contributed by atoms with Gasteiger partial charge in [-0.25, -0.2) is 0 Å². The van der Waals surface area contributed by atoms with Crippen LogP contribution in [0.1, 0.15) is 67.8 Å². The van der Waals surface area contributed by atoms with Crippen molar-refractivity contribution in [2.75, 3.05) is 13.1 Å². The summed E-state index contributed by atoms with van der Waals surface area (Å²) in [6, 6.07) is 3.34. The smallest absolute Gasteiger partial charge is 0.270 e. The van der Waals surface area contributed by atoms with E-state index in [4.69, 9.17) is 0 Å². The van der Waals surface area contributed by atoms with Crippen LogP contribution in [-0.4, -0.2) is 40.8 Å². The number of nitrogens with zero attached hydrogens (tertiary/aromatic N) is 2. The number of pyridine rings is 1. The Bertz CT molecular complexity index is 496. The highest BCUT2D eigenvalue weighted by atomic mass is 16.2. The SMILES string of the molecule is CCCN(CCC)C(=O)c1ccnc(C(=O)NC(C)CC)c1. The lowest BCUT2D eigenvalue weighted by Gasteiger charge is -2.21. The largest absolute Gasteiger partial charge is 0.348 e. The molecular weight excluding hydrogens is 278 g/mol. The lowest BCUT2D eigenvalue weighted by atomic mass is 10.1. The molecule has 22 heavy (non-hydrogen) atoms. The van der Waals surface area contributed by atoms with E-state index in [1.165, 1.54) is 6.20 Å². The van der Waals surface area contributed by atoms with E-state index in [-0.39, 0.29) is 17.9 Å². The van der Waals surface area contributed by atoms with Gasteiger partial charge in [0.05, 0.1) is 0 Å². The molecule has 1 rings (SSSR count). The second-order valence-electron chi connectivity index (χ2n) is 5.50. The zero-order valence-electron chi connectivity index (χ0n) is 14.1. The van der Waals surface area contributed by atoms with Crippen LogP contribution in [0.15, 0.2) is 18.3 Å². The van der Waals surface area contributed by atoms with Crippen LogP contribution in [0.25, 0.3) is 0 Å². The van der Waals surface area contributed by atoms with Crippen molar-refractivity contribution in [2.45, 2.75) is 53.0 Å². The zero-order chi connectivity index (χ0) is 16.5. The van der Waals surface area contributed by atoms with Gasteiger partial charge in [0.2, 0.25) is 0 Å². The first-order valence-electron chi connectivity index (χ1n) is 8.09. The number of hydrogen-bond donors (Lipinski definition) is 1. The Labute approximate surface area is 133 Å². The summed E-state index contributed by atoms with van der Waals surface area (Å²) in [6.45, 7) is 9.50. The van der Waals surface area contributed by atoms with E-state index in [2.05, 4.69) is 10.3 Å². The Balaban J connectivity index is 2.90. The van der Waals surface area contributed by atoms with Gasteiger partial charge in [0, 0.05) is 30.9 Å². The van der Waals surface area contributed by atoms with Crippen molar-refractivity contribution in [3.63, 3.8) is 0 Å². The zero-order valence-corrected chi connectivity index (χ0v) is 14.1. The minimum atomic E-state index is -0.235. The summed E-state index contributed by atoms with van der Waals surface area (Å²) < 4.78 is 0. The molecule has 1 unspecified atom stereocenters. The summed E-state index contributed by atoms with van der Waals surface area (Å²) in [5, 5.41) is 2.87. The van der Waals surface area contributed by atoms with E-state index in [1.807, 2.05) is 32.6 Å². The van der Waals surface area contributed by atoms with Gasteiger partial charge >= 0.3 is 0 Å². The molecule has 0 bridgehead atoms. The molecule has 122 valence electrons. The molecule has 1 heterocycles. The van der Waals surface area contributed by atoms with Gasteiger partial charge in [-0.05, 0) is 38.3 Å². The van der Waals surface area contributed by atoms with Crippen LogP contribution in [0.4, 0.5) is 0 Å². The topological polar surface area (TPSA) is 62.3 Å². The number of carbonyl (C=O) groups is 2. The average Bonchev–Trinajstić information content (AvgIpc) is 2.53. The molecule has 0 spiro atoms. The first-order chi connectivity index (χ1) is 10.5. The molecule has 5 heteroatoms. The second kappa shape index (κ2) is 9.18. The van der Waals surface area contributed by atoms with Crippen molar-refractivity contribution < 1.29 is 9.59 Å². The van der Waals surface area contributed by atoms with Crippen molar-refractivity contribution in [1.82, 2.24) is 15.2 Å². The van der Waals surface area contributed by atoms with Crippen LogP contribution < -0.4 is 5.32 Å². The van der Waals surface area contributed by atoms with Gasteiger partial charge in [0.25, 0.3) is 11.8 Å². The first-order valence-corrected chi connectivity index (χ1v) is 8.09. The Kier molecular flexibility index (Phi) is 7.57. The predicted molar refractivity (Wildman–Crippen MR) is 87.9 cm³/mol. The van der Waals surface area contributed by atoms with Gasteiger partial charge in [-0.3, -0.25) is 14.6 Å². The molecule has 0 aliphatic heterocycles. The fourth-order valence-corrected chi connectivity index (χ4v) is 2.12. The minimum Gasteiger partial charge on any atom is -0.348 e. The molecule has 0 saturated heterocycles. The maximum atomic E-state index is 12.5. The molecule has 1 aromatic heterocycles. The molecule has 5 nitrogen and oxygen atoms in total. The van der Waals surface area contributed by atoms with Gasteiger partial charge in [0.15, 0.2) is 0 Å². The van der Waals surface area contributed by atoms with E-state index >= 15 is 0 Å². The summed E-state index contributed by atoms with van der Waals surface area (Å²) >= 11 is 0. The van der Waals surface area contributed by atoms with E-state index in [1.54, 1.807) is 12.1 Å². The molecule has 0 aliphatic carbocycles. The van der Waals surface area contributed by atoms with Gasteiger partial charge in [0.1, 0.15) is 5.69 Å². The normalized spacial score (nSPS) is 11.8. The van der Waals surface area contributed by atoms with Gasteiger partial charge < -0.3 is 10.2 Å². The Morgan fingerprint density at radius 3 is 2.41 bits per heavy atom. The maximum absolute atomic E-state index is 12.5. The lowest BCUT2D eigenvalue weighted by molar-refractivity contribution is 0.0755. The van der Waals surface area contributed by atoms with Gasteiger partial charge in [-0.2, -0.15) is 0 Å². The molecule has 0 aliphatic rings. The molecule has 2 amide bonds. The van der Waals surface area contributed by atoms with Crippen molar-refractivity contribution in [1.29, 1.82) is 0 Å². The fourth-order valence-electron chi connectivity index (χ4n) is 2.12. The number of nitrogens with one attached hydrogen (secondary N) is 1. The number of aromatic nitrogens is 1. The van der Waals surface area contributed by atoms with Crippen LogP contribution in [0.3, 0.4) is 0 Å². The maximum Gasteiger partial charge on any atom is 0.270 e. The standard InChI is InChI=1S/C17H27N3O2/c1-5-10-20(11-6-2)17(22)14-8-9-18-15(12-14)16(21)19-13(4)7-3/h8-9,12-13H,5-7,10-11H2,1-4H3,(H,19,21). The van der Waals surface area contributed by atoms with Crippen LogP contribution in [0.5, 0.6) is 0 Å². The van der Waals surface area contributed by atoms with Crippen LogP contribution >= 0.6 is 0 Å². The van der Waals surface area contributed by atoms with Crippen molar-refractivity contribution in [3.8, 4) is 0 Å². The molecular formula is C17H27N3O2. The molecule has 0 aromatic carbocycles. The van der Waals surface area contributed by atoms with Crippen LogP contribution in [0.2, 0.25) is 0 Å². The monoisotopic (exact) mass is 305 g/mol.